The van der Waals surface area contributed by atoms with E-state index in [1.807, 2.05) is 19.1 Å². The fourth-order valence-electron chi connectivity index (χ4n) is 1.46. The molecule has 0 fully saturated rings. The van der Waals surface area contributed by atoms with Crippen LogP contribution in [0.1, 0.15) is 37.8 Å². The molecular formula is C12H19NO. The van der Waals surface area contributed by atoms with Crippen molar-refractivity contribution in [2.75, 3.05) is 0 Å². The fraction of sp³-hybridized carbons (Fsp3) is 0.500. The minimum absolute atomic E-state index is 0.0887. The first-order valence-electron chi connectivity index (χ1n) is 5.08. The summed E-state index contributed by atoms with van der Waals surface area (Å²) < 4.78 is 0. The van der Waals surface area contributed by atoms with Gasteiger partial charge in [0, 0.05) is 6.04 Å². The van der Waals surface area contributed by atoms with E-state index >= 15 is 0 Å². The van der Waals surface area contributed by atoms with Gasteiger partial charge in [0.2, 0.25) is 0 Å². The van der Waals surface area contributed by atoms with Crippen molar-refractivity contribution >= 4 is 0 Å². The van der Waals surface area contributed by atoms with Crippen molar-refractivity contribution in [2.45, 2.75) is 39.2 Å². The molecule has 1 aromatic carbocycles. The third-order valence-electron chi connectivity index (χ3n) is 2.32. The minimum atomic E-state index is 0.0887. The summed E-state index contributed by atoms with van der Waals surface area (Å²) in [6, 6.07) is 5.95. The van der Waals surface area contributed by atoms with E-state index in [1.54, 1.807) is 0 Å². The predicted molar refractivity (Wildman–Crippen MR) is 59.5 cm³/mol. The van der Waals surface area contributed by atoms with Gasteiger partial charge in [-0.1, -0.05) is 26.0 Å². The lowest BCUT2D eigenvalue weighted by atomic mass is 9.98. The standard InChI is InChI=1S/C12H19NO/c1-8(2)10-4-5-11(6-9(3)13)12(14)7-10/h4-5,7-9,14H,6,13H2,1-3H3. The Morgan fingerprint density at radius 1 is 1.29 bits per heavy atom. The smallest absolute Gasteiger partial charge is 0.119 e. The highest BCUT2D eigenvalue weighted by Crippen LogP contribution is 2.24. The summed E-state index contributed by atoms with van der Waals surface area (Å²) in [5.41, 5.74) is 7.78. The zero-order valence-corrected chi connectivity index (χ0v) is 9.12. The number of hydrogen-bond acceptors (Lipinski definition) is 2. The first-order valence-corrected chi connectivity index (χ1v) is 5.08. The van der Waals surface area contributed by atoms with Crippen LogP contribution in [-0.2, 0) is 6.42 Å². The minimum Gasteiger partial charge on any atom is -0.508 e. The fourth-order valence-corrected chi connectivity index (χ4v) is 1.46. The highest BCUT2D eigenvalue weighted by atomic mass is 16.3. The maximum Gasteiger partial charge on any atom is 0.119 e. The average molecular weight is 193 g/mol. The molecule has 78 valence electrons. The van der Waals surface area contributed by atoms with E-state index in [1.165, 1.54) is 0 Å². The van der Waals surface area contributed by atoms with Gasteiger partial charge in [-0.2, -0.15) is 0 Å². The van der Waals surface area contributed by atoms with E-state index in [0.717, 1.165) is 17.5 Å². The average Bonchev–Trinajstić information content (AvgIpc) is 2.07. The summed E-state index contributed by atoms with van der Waals surface area (Å²) in [4.78, 5) is 0. The van der Waals surface area contributed by atoms with Gasteiger partial charge < -0.3 is 10.8 Å². The monoisotopic (exact) mass is 193 g/mol. The topological polar surface area (TPSA) is 46.2 Å². The SMILES string of the molecule is CC(N)Cc1ccc(C(C)C)cc1O. The molecule has 0 aliphatic heterocycles. The number of phenolic OH excluding ortho intramolecular Hbond substituents is 1. The summed E-state index contributed by atoms with van der Waals surface area (Å²) in [5, 5.41) is 9.73. The van der Waals surface area contributed by atoms with Crippen LogP contribution in [0.15, 0.2) is 18.2 Å². The van der Waals surface area contributed by atoms with Gasteiger partial charge in [-0.3, -0.25) is 0 Å². The number of nitrogens with two attached hydrogens (primary N) is 1. The van der Waals surface area contributed by atoms with Crippen LogP contribution in [0.4, 0.5) is 0 Å². The molecular weight excluding hydrogens is 174 g/mol. The second-order valence-corrected chi connectivity index (χ2v) is 4.22. The molecule has 1 rings (SSSR count). The number of phenols is 1. The van der Waals surface area contributed by atoms with Gasteiger partial charge >= 0.3 is 0 Å². The van der Waals surface area contributed by atoms with Crippen molar-refractivity contribution in [3.63, 3.8) is 0 Å². The summed E-state index contributed by atoms with van der Waals surface area (Å²) in [7, 11) is 0. The Balaban J connectivity index is 2.90. The first-order chi connectivity index (χ1) is 6.50. The van der Waals surface area contributed by atoms with Crippen LogP contribution >= 0.6 is 0 Å². The highest BCUT2D eigenvalue weighted by Gasteiger charge is 2.06. The summed E-state index contributed by atoms with van der Waals surface area (Å²) in [6.45, 7) is 6.16. The molecule has 0 bridgehead atoms. The van der Waals surface area contributed by atoms with Gasteiger partial charge in [0.1, 0.15) is 5.75 Å². The number of benzene rings is 1. The Labute approximate surface area is 85.8 Å². The van der Waals surface area contributed by atoms with E-state index in [4.69, 9.17) is 5.73 Å². The van der Waals surface area contributed by atoms with Crippen molar-refractivity contribution in [3.8, 4) is 5.75 Å². The molecule has 1 atom stereocenters. The van der Waals surface area contributed by atoms with E-state index in [-0.39, 0.29) is 6.04 Å². The van der Waals surface area contributed by atoms with Crippen LogP contribution in [0.5, 0.6) is 5.75 Å². The Kier molecular flexibility index (Phi) is 3.53. The van der Waals surface area contributed by atoms with Crippen LogP contribution in [0.2, 0.25) is 0 Å². The largest absolute Gasteiger partial charge is 0.508 e. The molecule has 0 amide bonds. The number of rotatable bonds is 3. The van der Waals surface area contributed by atoms with E-state index < -0.39 is 0 Å². The van der Waals surface area contributed by atoms with Crippen LogP contribution in [0.25, 0.3) is 0 Å². The molecule has 0 radical (unpaired) electrons. The Morgan fingerprint density at radius 2 is 1.93 bits per heavy atom. The van der Waals surface area contributed by atoms with Crippen molar-refractivity contribution in [2.24, 2.45) is 5.73 Å². The Hall–Kier alpha value is -1.02. The quantitative estimate of drug-likeness (QED) is 0.774. The van der Waals surface area contributed by atoms with Crippen molar-refractivity contribution in [3.05, 3.63) is 29.3 Å². The van der Waals surface area contributed by atoms with E-state index in [2.05, 4.69) is 19.9 Å². The van der Waals surface area contributed by atoms with Crippen molar-refractivity contribution in [1.29, 1.82) is 0 Å². The lowest BCUT2D eigenvalue weighted by molar-refractivity contribution is 0.464. The van der Waals surface area contributed by atoms with Crippen molar-refractivity contribution < 1.29 is 5.11 Å². The molecule has 0 aliphatic rings. The predicted octanol–water partition coefficient (Wildman–Crippen LogP) is 2.41. The van der Waals surface area contributed by atoms with Gasteiger partial charge in [-0.25, -0.2) is 0 Å². The highest BCUT2D eigenvalue weighted by molar-refractivity contribution is 5.38. The normalized spacial score (nSPS) is 13.2. The molecule has 1 unspecified atom stereocenters. The van der Waals surface area contributed by atoms with Gasteiger partial charge in [0.25, 0.3) is 0 Å². The molecule has 0 heterocycles. The van der Waals surface area contributed by atoms with Crippen LogP contribution in [-0.4, -0.2) is 11.1 Å². The number of hydrogen-bond donors (Lipinski definition) is 2. The number of aromatic hydroxyl groups is 1. The molecule has 1 aromatic rings. The van der Waals surface area contributed by atoms with Gasteiger partial charge in [0.15, 0.2) is 0 Å². The van der Waals surface area contributed by atoms with Gasteiger partial charge in [-0.05, 0) is 36.5 Å². The molecule has 2 nitrogen and oxygen atoms in total. The lowest BCUT2D eigenvalue weighted by Gasteiger charge is -2.11. The third kappa shape index (κ3) is 2.74. The third-order valence-corrected chi connectivity index (χ3v) is 2.32. The summed E-state index contributed by atoms with van der Waals surface area (Å²) >= 11 is 0. The zero-order chi connectivity index (χ0) is 10.7. The Bertz CT molecular complexity index is 305. The molecule has 0 aromatic heterocycles. The second kappa shape index (κ2) is 4.47. The van der Waals surface area contributed by atoms with Crippen LogP contribution in [0, 0.1) is 0 Å². The van der Waals surface area contributed by atoms with Gasteiger partial charge in [0.05, 0.1) is 0 Å². The lowest BCUT2D eigenvalue weighted by Crippen LogP contribution is -2.17. The maximum atomic E-state index is 9.73. The van der Waals surface area contributed by atoms with E-state index in [0.29, 0.717) is 11.7 Å². The molecule has 14 heavy (non-hydrogen) atoms. The molecule has 2 heteroatoms. The van der Waals surface area contributed by atoms with Crippen molar-refractivity contribution in [1.82, 2.24) is 0 Å². The summed E-state index contributed by atoms with van der Waals surface area (Å²) in [5.74, 6) is 0.818. The van der Waals surface area contributed by atoms with Crippen LogP contribution in [0.3, 0.4) is 0 Å². The Morgan fingerprint density at radius 3 is 2.36 bits per heavy atom. The molecule has 0 saturated heterocycles. The molecule has 0 saturated carbocycles. The molecule has 3 N–H and O–H groups in total. The molecule has 0 spiro atoms. The van der Waals surface area contributed by atoms with Crippen LogP contribution < -0.4 is 5.73 Å². The van der Waals surface area contributed by atoms with E-state index in [9.17, 15) is 5.11 Å². The maximum absolute atomic E-state index is 9.73. The molecule has 0 aliphatic carbocycles. The van der Waals surface area contributed by atoms with Gasteiger partial charge in [-0.15, -0.1) is 0 Å². The first kappa shape index (κ1) is 11.1. The summed E-state index contributed by atoms with van der Waals surface area (Å²) in [6.07, 6.45) is 0.726. The zero-order valence-electron chi connectivity index (χ0n) is 9.12. The second-order valence-electron chi connectivity index (χ2n) is 4.22.